The average molecular weight is 519 g/mol. The summed E-state index contributed by atoms with van der Waals surface area (Å²) in [5, 5.41) is 3.16. The number of ketones is 2. The van der Waals surface area contributed by atoms with Gasteiger partial charge in [-0.2, -0.15) is 0 Å². The van der Waals surface area contributed by atoms with E-state index >= 15 is 0 Å². The number of hydrogen-bond acceptors (Lipinski definition) is 3. The molecule has 38 heavy (non-hydrogen) atoms. The minimum absolute atomic E-state index is 0.0166. The van der Waals surface area contributed by atoms with E-state index in [9.17, 15) is 14.4 Å². The van der Waals surface area contributed by atoms with Gasteiger partial charge < -0.3 is 10.1 Å². The molecule has 0 aromatic heterocycles. The molecule has 3 fully saturated rings. The SMILES string of the molecule is [C-]#[N+]C1=C[C@]2(C)C3=CC(=O)[C@@H]4[C@@H]5CC(C)(C)CC[C@]5(C(=O)NCC)CC[C@@]4(C)[C@]3(C)CC[C@H]2C(C)(C)C1=O. The normalized spacial score (nSPS) is 44.8. The monoisotopic (exact) mass is 518 g/mol. The van der Waals surface area contributed by atoms with Crippen molar-refractivity contribution in [1.82, 2.24) is 5.32 Å². The number of fused-ring (bicyclic) bond motifs is 7. The van der Waals surface area contributed by atoms with E-state index in [2.05, 4.69) is 44.8 Å². The molecule has 3 saturated carbocycles. The van der Waals surface area contributed by atoms with E-state index in [-0.39, 0.29) is 57.2 Å². The standard InChI is InChI=1S/C33H46N2O3/c1-10-35-27(38)33-15-13-28(2,3)18-20(33)25-22(36)17-24-30(6)19-21(34-9)26(37)29(4,5)23(30)11-12-31(24,7)32(25,8)14-16-33/h17,19-20,23,25H,10-16,18H2,1-8H3,(H,35,38)/t20-,23-,25-,30-,31+,32+,33-/m0/s1. The van der Waals surface area contributed by atoms with Gasteiger partial charge in [0.2, 0.25) is 11.6 Å². The highest BCUT2D eigenvalue weighted by Crippen LogP contribution is 2.74. The number of nitrogens with zero attached hydrogens (tertiary/aromatic N) is 1. The van der Waals surface area contributed by atoms with Gasteiger partial charge >= 0.3 is 0 Å². The maximum atomic E-state index is 14.5. The quantitative estimate of drug-likeness (QED) is 0.414. The number of carbonyl (C=O) groups excluding carboxylic acids is 3. The van der Waals surface area contributed by atoms with Crippen molar-refractivity contribution in [2.45, 2.75) is 100 Å². The molecule has 1 amide bonds. The molecule has 5 heteroatoms. The molecule has 7 atom stereocenters. The van der Waals surface area contributed by atoms with Crippen LogP contribution in [0, 0.1) is 56.8 Å². The third-order valence-electron chi connectivity index (χ3n) is 12.6. The Morgan fingerprint density at radius 3 is 2.32 bits per heavy atom. The fraction of sp³-hybridized carbons (Fsp3) is 0.758. The van der Waals surface area contributed by atoms with E-state index in [1.54, 1.807) is 0 Å². The molecule has 0 heterocycles. The molecule has 5 aliphatic carbocycles. The van der Waals surface area contributed by atoms with Crippen LogP contribution < -0.4 is 5.32 Å². The van der Waals surface area contributed by atoms with Crippen molar-refractivity contribution in [3.8, 4) is 0 Å². The fourth-order valence-corrected chi connectivity index (χ4v) is 10.3. The Morgan fingerprint density at radius 1 is 1.03 bits per heavy atom. The molecule has 0 aliphatic heterocycles. The van der Waals surface area contributed by atoms with Crippen LogP contribution in [0.25, 0.3) is 4.85 Å². The lowest BCUT2D eigenvalue weighted by atomic mass is 9.34. The number of rotatable bonds is 2. The summed E-state index contributed by atoms with van der Waals surface area (Å²) in [6.07, 6.45) is 10.0. The highest BCUT2D eigenvalue weighted by molar-refractivity contribution is 6.03. The number of hydrogen-bond donors (Lipinski definition) is 1. The summed E-state index contributed by atoms with van der Waals surface area (Å²) in [6, 6.07) is 0. The molecule has 0 bridgehead atoms. The summed E-state index contributed by atoms with van der Waals surface area (Å²) in [5.74, 6) is 0.0949. The van der Waals surface area contributed by atoms with Gasteiger partial charge in [0, 0.05) is 23.3 Å². The van der Waals surface area contributed by atoms with Gasteiger partial charge in [-0.05, 0) is 86.0 Å². The third kappa shape index (κ3) is 3.24. The zero-order valence-electron chi connectivity index (χ0n) is 24.7. The van der Waals surface area contributed by atoms with Crippen molar-refractivity contribution in [3.05, 3.63) is 34.8 Å². The summed E-state index contributed by atoms with van der Waals surface area (Å²) in [6.45, 7) is 25.7. The molecule has 1 N–H and O–H groups in total. The van der Waals surface area contributed by atoms with Crippen LogP contribution in [0.1, 0.15) is 100 Å². The van der Waals surface area contributed by atoms with Crippen molar-refractivity contribution in [3.63, 3.8) is 0 Å². The minimum Gasteiger partial charge on any atom is -0.356 e. The van der Waals surface area contributed by atoms with Gasteiger partial charge in [-0.3, -0.25) is 9.59 Å². The molecule has 0 aromatic carbocycles. The zero-order chi connectivity index (χ0) is 28.1. The molecule has 5 aliphatic rings. The Morgan fingerprint density at radius 2 is 1.68 bits per heavy atom. The molecule has 0 unspecified atom stereocenters. The second kappa shape index (κ2) is 8.15. The van der Waals surface area contributed by atoms with Gasteiger partial charge in [0.25, 0.3) is 0 Å². The van der Waals surface area contributed by atoms with Gasteiger partial charge in [0.1, 0.15) is 0 Å². The predicted molar refractivity (Wildman–Crippen MR) is 149 cm³/mol. The first-order valence-corrected chi connectivity index (χ1v) is 14.7. The molecule has 206 valence electrons. The molecule has 0 spiro atoms. The number of nitrogens with one attached hydrogen (secondary N) is 1. The van der Waals surface area contributed by atoms with Gasteiger partial charge in [-0.15, -0.1) is 0 Å². The molecule has 0 radical (unpaired) electrons. The second-order valence-corrected chi connectivity index (χ2v) is 15.2. The van der Waals surface area contributed by atoms with Crippen LogP contribution >= 0.6 is 0 Å². The van der Waals surface area contributed by atoms with Crippen molar-refractivity contribution < 1.29 is 14.4 Å². The van der Waals surface area contributed by atoms with E-state index in [1.165, 1.54) is 0 Å². The van der Waals surface area contributed by atoms with Crippen LogP contribution in [0.15, 0.2) is 23.4 Å². The van der Waals surface area contributed by atoms with Crippen molar-refractivity contribution in [1.29, 1.82) is 0 Å². The van der Waals surface area contributed by atoms with Gasteiger partial charge in [-0.25, -0.2) is 4.85 Å². The Hall–Kier alpha value is -2.22. The first-order valence-electron chi connectivity index (χ1n) is 14.7. The maximum Gasteiger partial charge on any atom is 0.226 e. The Balaban J connectivity index is 1.69. The number of Topliss-reactive ketones (excluding diaryl/α,β-unsaturated/α-hetero) is 1. The summed E-state index contributed by atoms with van der Waals surface area (Å²) < 4.78 is 0. The summed E-state index contributed by atoms with van der Waals surface area (Å²) >= 11 is 0. The Bertz CT molecular complexity index is 1220. The Labute approximate surface area is 229 Å². The molecule has 0 aromatic rings. The van der Waals surface area contributed by atoms with Crippen LogP contribution in [0.3, 0.4) is 0 Å². The number of amides is 1. The van der Waals surface area contributed by atoms with Crippen molar-refractivity contribution in [2.24, 2.45) is 50.2 Å². The summed E-state index contributed by atoms with van der Waals surface area (Å²) in [7, 11) is 0. The van der Waals surface area contributed by atoms with Gasteiger partial charge in [0.15, 0.2) is 11.6 Å². The van der Waals surface area contributed by atoms with Gasteiger partial charge in [-0.1, -0.05) is 60.1 Å². The summed E-state index contributed by atoms with van der Waals surface area (Å²) in [5.41, 5.74) is -0.758. The van der Waals surface area contributed by atoms with E-state index in [0.29, 0.717) is 6.54 Å². The van der Waals surface area contributed by atoms with Crippen LogP contribution in [0.5, 0.6) is 0 Å². The molecule has 0 saturated heterocycles. The van der Waals surface area contributed by atoms with Crippen molar-refractivity contribution >= 4 is 17.5 Å². The molecule has 5 nitrogen and oxygen atoms in total. The van der Waals surface area contributed by atoms with Crippen LogP contribution in [-0.2, 0) is 14.4 Å². The smallest absolute Gasteiger partial charge is 0.226 e. The molecular formula is C33H46N2O3. The van der Waals surface area contributed by atoms with Gasteiger partial charge in [0.05, 0.1) is 12.0 Å². The highest BCUT2D eigenvalue weighted by atomic mass is 16.2. The van der Waals surface area contributed by atoms with Crippen LogP contribution in [-0.4, -0.2) is 24.0 Å². The molecular weight excluding hydrogens is 472 g/mol. The van der Waals surface area contributed by atoms with E-state index in [0.717, 1.165) is 50.5 Å². The predicted octanol–water partition coefficient (Wildman–Crippen LogP) is 6.70. The lowest BCUT2D eigenvalue weighted by Gasteiger charge is -2.69. The number of carbonyl (C=O) groups is 3. The zero-order valence-corrected chi connectivity index (χ0v) is 24.7. The topological polar surface area (TPSA) is 67.6 Å². The van der Waals surface area contributed by atoms with Crippen molar-refractivity contribution in [2.75, 3.05) is 6.54 Å². The minimum atomic E-state index is -0.653. The van der Waals surface area contributed by atoms with E-state index in [4.69, 9.17) is 6.57 Å². The lowest BCUT2D eigenvalue weighted by molar-refractivity contribution is -0.178. The molecule has 5 rings (SSSR count). The first-order chi connectivity index (χ1) is 17.5. The first kappa shape index (κ1) is 27.4. The number of allylic oxidation sites excluding steroid dienone is 4. The summed E-state index contributed by atoms with van der Waals surface area (Å²) in [4.78, 5) is 45.1. The van der Waals surface area contributed by atoms with E-state index in [1.807, 2.05) is 32.9 Å². The third-order valence-corrected chi connectivity index (χ3v) is 12.6. The second-order valence-electron chi connectivity index (χ2n) is 15.2. The van der Waals surface area contributed by atoms with Crippen LogP contribution in [0.4, 0.5) is 0 Å². The highest BCUT2D eigenvalue weighted by Gasteiger charge is 2.70. The fourth-order valence-electron chi connectivity index (χ4n) is 10.3. The average Bonchev–Trinajstić information content (AvgIpc) is 2.82. The Kier molecular flexibility index (Phi) is 5.87. The largest absolute Gasteiger partial charge is 0.356 e. The maximum absolute atomic E-state index is 14.5. The van der Waals surface area contributed by atoms with E-state index < -0.39 is 16.2 Å². The lowest BCUT2D eigenvalue weighted by Crippen LogP contribution is -2.66. The van der Waals surface area contributed by atoms with Crippen LogP contribution in [0.2, 0.25) is 0 Å².